The zero-order chi connectivity index (χ0) is 20.3. The highest BCUT2D eigenvalue weighted by Gasteiger charge is 2.22. The highest BCUT2D eigenvalue weighted by molar-refractivity contribution is 9.10. The smallest absolute Gasteiger partial charge is 0.225 e. The largest absolute Gasteiger partial charge is 0.355 e. The molecule has 0 bridgehead atoms. The first-order valence-corrected chi connectivity index (χ1v) is 10.3. The third-order valence-corrected chi connectivity index (χ3v) is 5.32. The molecule has 1 amide bonds. The number of anilines is 1. The van der Waals surface area contributed by atoms with Gasteiger partial charge in [-0.15, -0.1) is 0 Å². The molecule has 0 N–H and O–H groups in total. The Kier molecular flexibility index (Phi) is 6.44. The highest BCUT2D eigenvalue weighted by atomic mass is 79.9. The average Bonchev–Trinajstić information content (AvgIpc) is 2.95. The fourth-order valence-corrected chi connectivity index (χ4v) is 3.66. The third kappa shape index (κ3) is 4.58. The maximum atomic E-state index is 12.9. The van der Waals surface area contributed by atoms with Gasteiger partial charge in [0.1, 0.15) is 11.5 Å². The number of aryl methyl sites for hydroxylation is 1. The second-order valence-electron chi connectivity index (χ2n) is 7.32. The van der Waals surface area contributed by atoms with Crippen LogP contribution in [0.5, 0.6) is 0 Å². The Morgan fingerprint density at radius 1 is 1.14 bits per heavy atom. The van der Waals surface area contributed by atoms with Crippen LogP contribution in [0.3, 0.4) is 0 Å². The molecular weight excluding hydrogens is 420 g/mol. The molecule has 0 aromatic carbocycles. The van der Waals surface area contributed by atoms with Gasteiger partial charge in [-0.3, -0.25) is 14.6 Å². The fraction of sp³-hybridized carbons (Fsp3) is 0.429. The van der Waals surface area contributed by atoms with Crippen LogP contribution < -0.4 is 4.90 Å². The number of ketones is 1. The average molecular weight is 445 g/mol. The Morgan fingerprint density at radius 3 is 2.68 bits per heavy atom. The van der Waals surface area contributed by atoms with Crippen molar-refractivity contribution in [3.63, 3.8) is 0 Å². The highest BCUT2D eigenvalue weighted by Crippen LogP contribution is 2.20. The molecule has 0 unspecified atom stereocenters. The molecule has 2 aromatic heterocycles. The molecule has 28 heavy (non-hydrogen) atoms. The number of hydrogen-bond acceptors (Lipinski definition) is 5. The summed E-state index contributed by atoms with van der Waals surface area (Å²) in [6, 6.07) is 7.29. The van der Waals surface area contributed by atoms with Crippen molar-refractivity contribution >= 4 is 33.4 Å². The topological polar surface area (TPSA) is 66.4 Å². The van der Waals surface area contributed by atoms with E-state index in [2.05, 4.69) is 30.8 Å². The van der Waals surface area contributed by atoms with Gasteiger partial charge < -0.3 is 9.80 Å². The Morgan fingerprint density at radius 2 is 1.93 bits per heavy atom. The minimum absolute atomic E-state index is 0.00710. The van der Waals surface area contributed by atoms with Gasteiger partial charge in [-0.25, -0.2) is 4.98 Å². The van der Waals surface area contributed by atoms with Crippen LogP contribution in [0.15, 0.2) is 34.9 Å². The summed E-state index contributed by atoms with van der Waals surface area (Å²) in [6.07, 6.45) is 2.56. The molecule has 1 aliphatic rings. The Bertz CT molecular complexity index is 884. The predicted octanol–water partition coefficient (Wildman–Crippen LogP) is 3.47. The number of pyridine rings is 2. The summed E-state index contributed by atoms with van der Waals surface area (Å²) < 4.78 is 0.764. The second kappa shape index (κ2) is 8.82. The molecule has 0 spiro atoms. The van der Waals surface area contributed by atoms with Gasteiger partial charge in [0.25, 0.3) is 0 Å². The summed E-state index contributed by atoms with van der Waals surface area (Å²) in [4.78, 5) is 38.2. The predicted molar refractivity (Wildman–Crippen MR) is 113 cm³/mol. The summed E-state index contributed by atoms with van der Waals surface area (Å²) in [5.74, 6) is 0.828. The normalized spacial score (nSPS) is 14.9. The Balaban J connectivity index is 1.79. The fourth-order valence-electron chi connectivity index (χ4n) is 3.33. The van der Waals surface area contributed by atoms with Gasteiger partial charge in [-0.2, -0.15) is 0 Å². The quantitative estimate of drug-likeness (QED) is 0.675. The van der Waals surface area contributed by atoms with Crippen LogP contribution in [0.2, 0.25) is 0 Å². The van der Waals surface area contributed by atoms with Gasteiger partial charge >= 0.3 is 0 Å². The minimum Gasteiger partial charge on any atom is -0.355 e. The van der Waals surface area contributed by atoms with Gasteiger partial charge in [-0.1, -0.05) is 19.9 Å². The second-order valence-corrected chi connectivity index (χ2v) is 8.23. The molecule has 7 heteroatoms. The summed E-state index contributed by atoms with van der Waals surface area (Å²) in [5, 5.41) is 0. The number of nitrogens with zero attached hydrogens (tertiary/aromatic N) is 4. The van der Waals surface area contributed by atoms with Gasteiger partial charge in [0.05, 0.1) is 0 Å². The van der Waals surface area contributed by atoms with E-state index in [1.807, 2.05) is 37.8 Å². The lowest BCUT2D eigenvalue weighted by atomic mass is 10.1. The minimum atomic E-state index is -0.139. The molecule has 0 atom stereocenters. The van der Waals surface area contributed by atoms with Crippen molar-refractivity contribution in [1.82, 2.24) is 14.9 Å². The van der Waals surface area contributed by atoms with E-state index in [1.54, 1.807) is 18.3 Å². The SMILES string of the molecule is Cc1ncc(Br)cc1C(=O)c1cccc(N2CCCN(C(=O)C(C)C)CC2)n1. The van der Waals surface area contributed by atoms with Crippen molar-refractivity contribution in [2.75, 3.05) is 31.1 Å². The molecule has 0 radical (unpaired) electrons. The number of halogens is 1. The van der Waals surface area contributed by atoms with Crippen LogP contribution in [0.25, 0.3) is 0 Å². The Labute approximate surface area is 174 Å². The number of rotatable bonds is 4. The molecule has 3 heterocycles. The van der Waals surface area contributed by atoms with Gasteiger partial charge in [0.2, 0.25) is 11.7 Å². The molecule has 2 aromatic rings. The van der Waals surface area contributed by atoms with Crippen LogP contribution in [-0.2, 0) is 4.79 Å². The van der Waals surface area contributed by atoms with E-state index in [-0.39, 0.29) is 17.6 Å². The van der Waals surface area contributed by atoms with Gasteiger partial charge in [0.15, 0.2) is 0 Å². The molecule has 148 valence electrons. The first-order valence-electron chi connectivity index (χ1n) is 9.54. The van der Waals surface area contributed by atoms with E-state index in [1.165, 1.54) is 0 Å². The van der Waals surface area contributed by atoms with Crippen molar-refractivity contribution < 1.29 is 9.59 Å². The number of amides is 1. The molecule has 0 saturated carbocycles. The lowest BCUT2D eigenvalue weighted by Crippen LogP contribution is -2.37. The standard InChI is InChI=1S/C21H25BrN4O2/c1-14(2)21(28)26-9-5-8-25(10-11-26)19-7-4-6-18(24-19)20(27)17-12-16(22)13-23-15(17)3/h4,6-7,12-14H,5,8-11H2,1-3H3. The molecule has 6 nitrogen and oxygen atoms in total. The maximum absolute atomic E-state index is 12.9. The lowest BCUT2D eigenvalue weighted by Gasteiger charge is -2.24. The summed E-state index contributed by atoms with van der Waals surface area (Å²) in [5.41, 5.74) is 1.63. The van der Waals surface area contributed by atoms with Crippen LogP contribution in [-0.4, -0.2) is 52.7 Å². The first kappa shape index (κ1) is 20.5. The molecule has 1 aliphatic heterocycles. The van der Waals surface area contributed by atoms with Crippen molar-refractivity contribution in [3.05, 3.63) is 51.9 Å². The monoisotopic (exact) mass is 444 g/mol. The van der Waals surface area contributed by atoms with E-state index in [0.29, 0.717) is 30.0 Å². The van der Waals surface area contributed by atoms with Crippen molar-refractivity contribution in [1.29, 1.82) is 0 Å². The Hall–Kier alpha value is -2.28. The van der Waals surface area contributed by atoms with E-state index >= 15 is 0 Å². The lowest BCUT2D eigenvalue weighted by molar-refractivity contribution is -0.134. The van der Waals surface area contributed by atoms with E-state index < -0.39 is 0 Å². The van der Waals surface area contributed by atoms with Gasteiger partial charge in [0, 0.05) is 54.0 Å². The molecular formula is C21H25BrN4O2. The first-order chi connectivity index (χ1) is 13.4. The van der Waals surface area contributed by atoms with Crippen molar-refractivity contribution in [3.8, 4) is 0 Å². The van der Waals surface area contributed by atoms with Gasteiger partial charge in [-0.05, 0) is 47.5 Å². The van der Waals surface area contributed by atoms with E-state index in [0.717, 1.165) is 29.8 Å². The number of hydrogen-bond donors (Lipinski definition) is 0. The van der Waals surface area contributed by atoms with Crippen LogP contribution >= 0.6 is 15.9 Å². The van der Waals surface area contributed by atoms with Crippen LogP contribution in [0.4, 0.5) is 5.82 Å². The van der Waals surface area contributed by atoms with E-state index in [4.69, 9.17) is 0 Å². The maximum Gasteiger partial charge on any atom is 0.225 e. The zero-order valence-electron chi connectivity index (χ0n) is 16.5. The van der Waals surface area contributed by atoms with Crippen molar-refractivity contribution in [2.45, 2.75) is 27.2 Å². The third-order valence-electron chi connectivity index (χ3n) is 4.89. The summed E-state index contributed by atoms with van der Waals surface area (Å²) in [6.45, 7) is 8.63. The molecule has 1 fully saturated rings. The number of carbonyl (C=O) groups excluding carboxylic acids is 2. The summed E-state index contributed by atoms with van der Waals surface area (Å²) in [7, 11) is 0. The summed E-state index contributed by atoms with van der Waals surface area (Å²) >= 11 is 3.37. The zero-order valence-corrected chi connectivity index (χ0v) is 18.1. The number of aromatic nitrogens is 2. The molecule has 0 aliphatic carbocycles. The van der Waals surface area contributed by atoms with Crippen LogP contribution in [0, 0.1) is 12.8 Å². The molecule has 1 saturated heterocycles. The number of carbonyl (C=O) groups is 2. The molecule has 3 rings (SSSR count). The van der Waals surface area contributed by atoms with Crippen LogP contribution in [0.1, 0.15) is 42.0 Å². The van der Waals surface area contributed by atoms with E-state index in [9.17, 15) is 9.59 Å². The van der Waals surface area contributed by atoms with Crippen molar-refractivity contribution in [2.24, 2.45) is 5.92 Å².